The molecule has 1 atom stereocenters. The third-order valence-electron chi connectivity index (χ3n) is 6.24. The smallest absolute Gasteiger partial charge is 0.272 e. The number of carbonyl (C=O) groups is 2. The summed E-state index contributed by atoms with van der Waals surface area (Å²) < 4.78 is 15.3. The molecule has 0 radical (unpaired) electrons. The van der Waals surface area contributed by atoms with Crippen molar-refractivity contribution in [1.29, 1.82) is 0 Å². The third kappa shape index (κ3) is 4.00. The molecular formula is C24H21Cl2FN4O2. The first-order valence-electron chi connectivity index (χ1n) is 10.7. The fourth-order valence-corrected chi connectivity index (χ4v) is 4.83. The molecule has 0 spiro atoms. The fraction of sp³-hybridized carbons (Fsp3) is 0.292. The number of rotatable bonds is 3. The molecule has 0 aliphatic carbocycles. The zero-order valence-electron chi connectivity index (χ0n) is 17.9. The van der Waals surface area contributed by atoms with Crippen molar-refractivity contribution in [3.8, 4) is 0 Å². The number of fused-ring (bicyclic) bond motifs is 3. The van der Waals surface area contributed by atoms with Crippen LogP contribution in [-0.2, 0) is 26.1 Å². The van der Waals surface area contributed by atoms with Gasteiger partial charge in [0.15, 0.2) is 0 Å². The van der Waals surface area contributed by atoms with Crippen molar-refractivity contribution in [2.24, 2.45) is 0 Å². The van der Waals surface area contributed by atoms with Gasteiger partial charge in [-0.2, -0.15) is 5.10 Å². The lowest BCUT2D eigenvalue weighted by Gasteiger charge is -2.34. The second-order valence-corrected chi connectivity index (χ2v) is 9.28. The number of halogens is 3. The molecule has 0 bridgehead atoms. The monoisotopic (exact) mass is 486 g/mol. The molecule has 2 aromatic carbocycles. The highest BCUT2D eigenvalue weighted by atomic mass is 35.5. The molecule has 3 heterocycles. The lowest BCUT2D eigenvalue weighted by molar-refractivity contribution is 0.0637. The average Bonchev–Trinajstić information content (AvgIpc) is 3.14. The largest absolute Gasteiger partial charge is 0.331 e. The van der Waals surface area contributed by atoms with Crippen LogP contribution in [0.5, 0.6) is 0 Å². The Morgan fingerprint density at radius 1 is 1.15 bits per heavy atom. The molecule has 5 rings (SSSR count). The maximum atomic E-state index is 13.6. The van der Waals surface area contributed by atoms with Crippen LogP contribution in [0, 0.1) is 5.82 Å². The van der Waals surface area contributed by atoms with Gasteiger partial charge in [-0.05, 0) is 42.8 Å². The van der Waals surface area contributed by atoms with Crippen molar-refractivity contribution >= 4 is 35.0 Å². The van der Waals surface area contributed by atoms with E-state index in [0.717, 1.165) is 16.8 Å². The van der Waals surface area contributed by atoms with Gasteiger partial charge >= 0.3 is 0 Å². The van der Waals surface area contributed by atoms with Gasteiger partial charge in [0.1, 0.15) is 11.5 Å². The van der Waals surface area contributed by atoms with Crippen molar-refractivity contribution < 1.29 is 14.0 Å². The quantitative estimate of drug-likeness (QED) is 0.544. The van der Waals surface area contributed by atoms with Crippen LogP contribution >= 0.6 is 23.2 Å². The maximum Gasteiger partial charge on any atom is 0.272 e. The Morgan fingerprint density at radius 3 is 2.73 bits per heavy atom. The summed E-state index contributed by atoms with van der Waals surface area (Å²) in [5.41, 5.74) is 3.30. The van der Waals surface area contributed by atoms with Crippen molar-refractivity contribution in [2.75, 3.05) is 6.54 Å². The summed E-state index contributed by atoms with van der Waals surface area (Å²) in [5, 5.41) is 5.38. The van der Waals surface area contributed by atoms with Gasteiger partial charge in [0.2, 0.25) is 0 Å². The summed E-state index contributed by atoms with van der Waals surface area (Å²) in [6.07, 6.45) is 0.555. The van der Waals surface area contributed by atoms with Crippen LogP contribution in [0.25, 0.3) is 0 Å². The molecule has 2 amide bonds. The number of hydrogen-bond donors (Lipinski definition) is 0. The minimum atomic E-state index is -0.329. The van der Waals surface area contributed by atoms with E-state index in [9.17, 15) is 14.0 Å². The van der Waals surface area contributed by atoms with E-state index < -0.39 is 0 Å². The van der Waals surface area contributed by atoms with E-state index in [-0.39, 0.29) is 30.2 Å². The molecule has 170 valence electrons. The van der Waals surface area contributed by atoms with Gasteiger partial charge in [0.25, 0.3) is 11.8 Å². The van der Waals surface area contributed by atoms with Crippen LogP contribution < -0.4 is 0 Å². The van der Waals surface area contributed by atoms with E-state index in [2.05, 4.69) is 5.10 Å². The van der Waals surface area contributed by atoms with E-state index in [1.165, 1.54) is 12.1 Å². The van der Waals surface area contributed by atoms with Crippen molar-refractivity contribution in [3.63, 3.8) is 0 Å². The molecule has 0 unspecified atom stereocenters. The van der Waals surface area contributed by atoms with E-state index in [0.29, 0.717) is 47.4 Å². The van der Waals surface area contributed by atoms with Gasteiger partial charge in [0.05, 0.1) is 28.8 Å². The molecule has 2 aliphatic rings. The van der Waals surface area contributed by atoms with Crippen LogP contribution in [0.2, 0.25) is 10.0 Å². The van der Waals surface area contributed by atoms with Gasteiger partial charge in [-0.15, -0.1) is 0 Å². The number of hydrogen-bond acceptors (Lipinski definition) is 3. The van der Waals surface area contributed by atoms with Crippen molar-refractivity contribution in [2.45, 2.75) is 39.0 Å². The first kappa shape index (κ1) is 21.9. The second kappa shape index (κ2) is 8.47. The molecule has 0 N–H and O–H groups in total. The normalized spacial score (nSPS) is 17.7. The first-order valence-corrected chi connectivity index (χ1v) is 11.5. The molecule has 0 saturated heterocycles. The lowest BCUT2D eigenvalue weighted by Crippen LogP contribution is -2.44. The number of nitrogens with zero attached hydrogens (tertiary/aromatic N) is 4. The van der Waals surface area contributed by atoms with Crippen LogP contribution in [0.1, 0.15) is 44.6 Å². The predicted molar refractivity (Wildman–Crippen MR) is 123 cm³/mol. The molecule has 2 aliphatic heterocycles. The van der Waals surface area contributed by atoms with Crippen LogP contribution in [-0.4, -0.2) is 44.0 Å². The highest BCUT2D eigenvalue weighted by Crippen LogP contribution is 2.31. The first-order chi connectivity index (χ1) is 15.8. The lowest BCUT2D eigenvalue weighted by atomic mass is 9.97. The van der Waals surface area contributed by atoms with Crippen LogP contribution in [0.4, 0.5) is 4.39 Å². The molecular weight excluding hydrogens is 466 g/mol. The molecule has 9 heteroatoms. The maximum absolute atomic E-state index is 13.6. The molecule has 0 fully saturated rings. The van der Waals surface area contributed by atoms with Gasteiger partial charge in [-0.1, -0.05) is 35.3 Å². The fourth-order valence-electron chi connectivity index (χ4n) is 4.54. The van der Waals surface area contributed by atoms with Gasteiger partial charge in [0, 0.05) is 36.7 Å². The van der Waals surface area contributed by atoms with Crippen molar-refractivity contribution in [3.05, 3.63) is 86.4 Å². The van der Waals surface area contributed by atoms with E-state index >= 15 is 0 Å². The third-order valence-corrected chi connectivity index (χ3v) is 6.98. The Labute approximate surface area is 200 Å². The molecule has 6 nitrogen and oxygen atoms in total. The number of carbonyl (C=O) groups excluding carboxylic acids is 2. The molecule has 0 saturated carbocycles. The van der Waals surface area contributed by atoms with Gasteiger partial charge in [-0.25, -0.2) is 4.39 Å². The van der Waals surface area contributed by atoms with E-state index in [1.54, 1.807) is 44.8 Å². The number of aromatic nitrogens is 2. The molecule has 3 aromatic rings. The molecule has 33 heavy (non-hydrogen) atoms. The average molecular weight is 487 g/mol. The summed E-state index contributed by atoms with van der Waals surface area (Å²) in [6.45, 7) is 3.61. The Kier molecular flexibility index (Phi) is 5.62. The minimum Gasteiger partial charge on any atom is -0.331 e. The van der Waals surface area contributed by atoms with Gasteiger partial charge < -0.3 is 9.80 Å². The van der Waals surface area contributed by atoms with Crippen LogP contribution in [0.15, 0.2) is 42.5 Å². The van der Waals surface area contributed by atoms with Gasteiger partial charge in [-0.3, -0.25) is 14.3 Å². The topological polar surface area (TPSA) is 58.4 Å². The Morgan fingerprint density at radius 2 is 1.97 bits per heavy atom. The van der Waals surface area contributed by atoms with E-state index in [4.69, 9.17) is 23.2 Å². The summed E-state index contributed by atoms with van der Waals surface area (Å²) in [5.74, 6) is -0.660. The number of benzene rings is 2. The van der Waals surface area contributed by atoms with Crippen molar-refractivity contribution in [1.82, 2.24) is 19.6 Å². The minimum absolute atomic E-state index is 0.0881. The summed E-state index contributed by atoms with van der Waals surface area (Å²) in [7, 11) is 0. The summed E-state index contributed by atoms with van der Waals surface area (Å²) in [6, 6.07) is 11.0. The highest BCUT2D eigenvalue weighted by Gasteiger charge is 2.37. The molecule has 1 aromatic heterocycles. The Balaban J connectivity index is 1.43. The zero-order valence-corrected chi connectivity index (χ0v) is 19.4. The van der Waals surface area contributed by atoms with E-state index in [1.807, 2.05) is 6.92 Å². The summed E-state index contributed by atoms with van der Waals surface area (Å²) in [4.78, 5) is 30.1. The Hall–Kier alpha value is -2.90. The SMILES string of the molecule is C[C@@H]1Cc2nn3c(c2CN1C(=O)c1ccc(Cl)c(Cl)c1)C(=O)N(Cc1cccc(F)c1)CC3. The Bertz CT molecular complexity index is 1280. The standard InChI is InChI=1S/C24H21Cl2FN4O2/c1-14-9-21-18(13-30(14)23(32)16-5-6-19(25)20(26)11-16)22-24(33)29(7-8-31(22)28-21)12-15-3-2-4-17(27)10-15/h2-6,10-11,14H,7-9,12-13H2,1H3/t14-/m1/s1. The number of amides is 2. The highest BCUT2D eigenvalue weighted by molar-refractivity contribution is 6.42. The van der Waals surface area contributed by atoms with Crippen LogP contribution in [0.3, 0.4) is 0 Å². The second-order valence-electron chi connectivity index (χ2n) is 8.47. The predicted octanol–water partition coefficient (Wildman–Crippen LogP) is 4.57. The zero-order chi connectivity index (χ0) is 23.3. The summed E-state index contributed by atoms with van der Waals surface area (Å²) >= 11 is 12.1.